The zero-order valence-corrected chi connectivity index (χ0v) is 19.4. The van der Waals surface area contributed by atoms with Crippen molar-refractivity contribution in [3.63, 3.8) is 0 Å². The van der Waals surface area contributed by atoms with Crippen LogP contribution < -0.4 is 19.1 Å². The molecular weight excluding hydrogens is 472 g/mol. The maximum Gasteiger partial charge on any atom is 0.282 e. The van der Waals surface area contributed by atoms with E-state index in [4.69, 9.17) is 19.2 Å². The largest absolute Gasteiger partial charge is 0.493 e. The van der Waals surface area contributed by atoms with E-state index in [-0.39, 0.29) is 5.91 Å². The molecule has 0 aliphatic carbocycles. The highest BCUT2D eigenvalue weighted by Gasteiger charge is 2.32. The van der Waals surface area contributed by atoms with Gasteiger partial charge in [0.1, 0.15) is 11.5 Å². The number of benzene rings is 3. The molecule has 32 heavy (non-hydrogen) atoms. The number of hydrogen-bond acceptors (Lipinski definition) is 5. The van der Waals surface area contributed by atoms with E-state index in [0.29, 0.717) is 34.3 Å². The first kappa shape index (κ1) is 21.6. The SMILES string of the molecule is COc1cc(/C=C2\N=C(c3ccccc3)N(c3ccc(Br)cc3)C2=O)cc(OC)c1OC. The Bertz CT molecular complexity index is 1180. The minimum atomic E-state index is -0.222. The van der Waals surface area contributed by atoms with Gasteiger partial charge in [0, 0.05) is 10.0 Å². The minimum absolute atomic E-state index is 0.222. The van der Waals surface area contributed by atoms with Crippen molar-refractivity contribution in [2.75, 3.05) is 26.2 Å². The van der Waals surface area contributed by atoms with Crippen LogP contribution in [0.4, 0.5) is 5.69 Å². The molecule has 4 rings (SSSR count). The Kier molecular flexibility index (Phi) is 6.28. The Morgan fingerprint density at radius 2 is 1.50 bits per heavy atom. The standard InChI is InChI=1S/C25H21BrN2O4/c1-30-21-14-16(15-22(31-2)23(21)32-3)13-20-25(29)28(19-11-9-18(26)10-12-19)24(27-20)17-7-5-4-6-8-17/h4-15H,1-3H3/b20-13-. The van der Waals surface area contributed by atoms with Crippen LogP contribution in [0.2, 0.25) is 0 Å². The number of hydrogen-bond donors (Lipinski definition) is 0. The molecule has 3 aromatic carbocycles. The lowest BCUT2D eigenvalue weighted by atomic mass is 10.1. The van der Waals surface area contributed by atoms with Crippen LogP contribution in [-0.2, 0) is 4.79 Å². The van der Waals surface area contributed by atoms with E-state index in [0.717, 1.165) is 15.7 Å². The fourth-order valence-electron chi connectivity index (χ4n) is 3.47. The van der Waals surface area contributed by atoms with Gasteiger partial charge in [-0.05, 0) is 48.0 Å². The maximum atomic E-state index is 13.5. The second-order valence-electron chi connectivity index (χ2n) is 6.91. The van der Waals surface area contributed by atoms with E-state index in [1.807, 2.05) is 54.6 Å². The number of carbonyl (C=O) groups is 1. The summed E-state index contributed by atoms with van der Waals surface area (Å²) in [5.74, 6) is 1.83. The highest BCUT2D eigenvalue weighted by Crippen LogP contribution is 2.39. The van der Waals surface area contributed by atoms with Gasteiger partial charge in [0.2, 0.25) is 5.75 Å². The van der Waals surface area contributed by atoms with Crippen molar-refractivity contribution in [2.24, 2.45) is 4.99 Å². The molecule has 1 aliphatic heterocycles. The smallest absolute Gasteiger partial charge is 0.282 e. The third-order valence-electron chi connectivity index (χ3n) is 4.97. The predicted molar refractivity (Wildman–Crippen MR) is 129 cm³/mol. The van der Waals surface area contributed by atoms with Crippen LogP contribution in [-0.4, -0.2) is 33.1 Å². The van der Waals surface area contributed by atoms with Crippen LogP contribution >= 0.6 is 15.9 Å². The van der Waals surface area contributed by atoms with E-state index >= 15 is 0 Å². The van der Waals surface area contributed by atoms with Crippen LogP contribution in [0.25, 0.3) is 6.08 Å². The molecule has 0 radical (unpaired) electrons. The average Bonchev–Trinajstić information content (AvgIpc) is 3.15. The summed E-state index contributed by atoms with van der Waals surface area (Å²) in [5.41, 5.74) is 2.59. The molecule has 0 bridgehead atoms. The lowest BCUT2D eigenvalue weighted by Crippen LogP contribution is -2.32. The third kappa shape index (κ3) is 4.11. The number of ether oxygens (including phenoxy) is 3. The lowest BCUT2D eigenvalue weighted by Gasteiger charge is -2.18. The van der Waals surface area contributed by atoms with Gasteiger partial charge < -0.3 is 14.2 Å². The molecule has 6 nitrogen and oxygen atoms in total. The molecule has 162 valence electrons. The number of anilines is 1. The molecule has 0 atom stereocenters. The second kappa shape index (κ2) is 9.28. The van der Waals surface area contributed by atoms with Gasteiger partial charge in [0.05, 0.1) is 27.0 Å². The monoisotopic (exact) mass is 492 g/mol. The number of rotatable bonds is 6. The number of nitrogens with zero attached hydrogens (tertiary/aromatic N) is 2. The van der Waals surface area contributed by atoms with Gasteiger partial charge in [-0.25, -0.2) is 4.99 Å². The molecule has 0 aromatic heterocycles. The van der Waals surface area contributed by atoms with Gasteiger partial charge in [-0.1, -0.05) is 46.3 Å². The average molecular weight is 493 g/mol. The summed E-state index contributed by atoms with van der Waals surface area (Å²) >= 11 is 3.45. The van der Waals surface area contributed by atoms with Gasteiger partial charge in [-0.2, -0.15) is 0 Å². The maximum absolute atomic E-state index is 13.5. The molecule has 1 aliphatic rings. The molecule has 0 saturated heterocycles. The summed E-state index contributed by atoms with van der Waals surface area (Å²) in [4.78, 5) is 19.8. The van der Waals surface area contributed by atoms with Crippen molar-refractivity contribution in [2.45, 2.75) is 0 Å². The Hall–Kier alpha value is -3.58. The molecule has 1 amide bonds. The molecule has 3 aromatic rings. The van der Waals surface area contributed by atoms with E-state index in [1.54, 1.807) is 44.4 Å². The van der Waals surface area contributed by atoms with Gasteiger partial charge in [0.25, 0.3) is 5.91 Å². The molecule has 7 heteroatoms. The van der Waals surface area contributed by atoms with Crippen LogP contribution in [0, 0.1) is 0 Å². The first-order valence-corrected chi connectivity index (χ1v) is 10.6. The fourth-order valence-corrected chi connectivity index (χ4v) is 3.73. The minimum Gasteiger partial charge on any atom is -0.493 e. The van der Waals surface area contributed by atoms with Crippen molar-refractivity contribution in [1.82, 2.24) is 0 Å². The normalized spacial score (nSPS) is 14.5. The highest BCUT2D eigenvalue weighted by atomic mass is 79.9. The van der Waals surface area contributed by atoms with Gasteiger partial charge in [-0.15, -0.1) is 0 Å². The van der Waals surface area contributed by atoms with Crippen molar-refractivity contribution >= 4 is 39.4 Å². The van der Waals surface area contributed by atoms with E-state index in [2.05, 4.69) is 15.9 Å². The zero-order chi connectivity index (χ0) is 22.7. The van der Waals surface area contributed by atoms with E-state index in [9.17, 15) is 4.79 Å². The predicted octanol–water partition coefficient (Wildman–Crippen LogP) is 5.31. The third-order valence-corrected chi connectivity index (χ3v) is 5.50. The summed E-state index contributed by atoms with van der Waals surface area (Å²) in [5, 5.41) is 0. The Morgan fingerprint density at radius 3 is 2.06 bits per heavy atom. The topological polar surface area (TPSA) is 60.4 Å². The summed E-state index contributed by atoms with van der Waals surface area (Å²) in [7, 11) is 4.65. The number of aliphatic imine (C=N–C) groups is 1. The first-order valence-electron chi connectivity index (χ1n) is 9.81. The van der Waals surface area contributed by atoms with Crippen molar-refractivity contribution in [3.05, 3.63) is 88.0 Å². The quantitative estimate of drug-likeness (QED) is 0.437. The number of carbonyl (C=O) groups excluding carboxylic acids is 1. The zero-order valence-electron chi connectivity index (χ0n) is 17.8. The number of amidine groups is 1. The van der Waals surface area contributed by atoms with Crippen LogP contribution in [0.5, 0.6) is 17.2 Å². The Morgan fingerprint density at radius 1 is 0.875 bits per heavy atom. The van der Waals surface area contributed by atoms with Crippen LogP contribution in [0.1, 0.15) is 11.1 Å². The van der Waals surface area contributed by atoms with Crippen molar-refractivity contribution in [3.8, 4) is 17.2 Å². The van der Waals surface area contributed by atoms with E-state index < -0.39 is 0 Å². The van der Waals surface area contributed by atoms with E-state index in [1.165, 1.54) is 0 Å². The fraction of sp³-hybridized carbons (Fsp3) is 0.120. The molecule has 0 saturated carbocycles. The van der Waals surface area contributed by atoms with Crippen molar-refractivity contribution < 1.29 is 19.0 Å². The summed E-state index contributed by atoms with van der Waals surface area (Å²) in [6, 6.07) is 20.7. The molecule has 1 heterocycles. The van der Waals surface area contributed by atoms with Crippen LogP contribution in [0.3, 0.4) is 0 Å². The van der Waals surface area contributed by atoms with Gasteiger partial charge in [0.15, 0.2) is 11.5 Å². The number of amides is 1. The molecule has 0 N–H and O–H groups in total. The highest BCUT2D eigenvalue weighted by molar-refractivity contribution is 9.10. The second-order valence-corrected chi connectivity index (χ2v) is 7.82. The molecule has 0 unspecified atom stereocenters. The number of methoxy groups -OCH3 is 3. The Labute approximate surface area is 194 Å². The molecule has 0 spiro atoms. The summed E-state index contributed by atoms with van der Waals surface area (Å²) in [6.45, 7) is 0. The molecular formula is C25H21BrN2O4. The van der Waals surface area contributed by atoms with Gasteiger partial charge in [-0.3, -0.25) is 9.69 Å². The number of halogens is 1. The molecule has 0 fully saturated rings. The summed E-state index contributed by atoms with van der Waals surface area (Å²) < 4.78 is 17.2. The summed E-state index contributed by atoms with van der Waals surface area (Å²) in [6.07, 6.45) is 1.72. The van der Waals surface area contributed by atoms with Crippen LogP contribution in [0.15, 0.2) is 81.9 Å². The van der Waals surface area contributed by atoms with Crippen molar-refractivity contribution in [1.29, 1.82) is 0 Å². The Balaban J connectivity index is 1.83. The van der Waals surface area contributed by atoms with Gasteiger partial charge >= 0.3 is 0 Å². The lowest BCUT2D eigenvalue weighted by molar-refractivity contribution is -0.113. The first-order chi connectivity index (χ1) is 15.5.